The number of carbonyl (C=O) groups is 2. The molecule has 10 heteroatoms. The van der Waals surface area contributed by atoms with E-state index < -0.39 is 26.6 Å². The van der Waals surface area contributed by atoms with Crippen molar-refractivity contribution in [2.24, 2.45) is 0 Å². The zero-order chi connectivity index (χ0) is 52.2. The molecule has 0 aromatic rings. The molecule has 9 nitrogen and oxygen atoms in total. The number of ether oxygens (including phenoxy) is 1. The molecule has 0 aliphatic carbocycles. The van der Waals surface area contributed by atoms with E-state index in [1.807, 2.05) is 33.3 Å². The molecule has 71 heavy (non-hydrogen) atoms. The van der Waals surface area contributed by atoms with Crippen molar-refractivity contribution in [2.45, 2.75) is 277 Å². The summed E-state index contributed by atoms with van der Waals surface area (Å²) in [6.45, 7) is 6.79. The fraction of sp³-hybridized carbons (Fsp3) is 0.803. The van der Waals surface area contributed by atoms with E-state index in [2.05, 4.69) is 74.7 Å². The molecule has 0 aliphatic heterocycles. The first-order valence-electron chi connectivity index (χ1n) is 29.6. The van der Waals surface area contributed by atoms with Crippen LogP contribution in [0.15, 0.2) is 60.8 Å². The molecule has 0 aromatic carbocycles. The number of nitrogens with one attached hydrogen (secondary N) is 1. The third-order valence-electron chi connectivity index (χ3n) is 13.0. The predicted molar refractivity (Wildman–Crippen MR) is 302 cm³/mol. The van der Waals surface area contributed by atoms with Gasteiger partial charge in [0, 0.05) is 12.8 Å². The van der Waals surface area contributed by atoms with Gasteiger partial charge in [0.2, 0.25) is 5.91 Å². The molecule has 0 bridgehead atoms. The van der Waals surface area contributed by atoms with E-state index in [1.54, 1.807) is 0 Å². The second-order valence-corrected chi connectivity index (χ2v) is 22.6. The first-order chi connectivity index (χ1) is 34.4. The van der Waals surface area contributed by atoms with Crippen LogP contribution in [-0.4, -0.2) is 69.4 Å². The van der Waals surface area contributed by atoms with Crippen molar-refractivity contribution < 1.29 is 37.3 Å². The Bertz CT molecular complexity index is 1400. The maximum absolute atomic E-state index is 13.5. The van der Waals surface area contributed by atoms with E-state index in [-0.39, 0.29) is 31.3 Å². The van der Waals surface area contributed by atoms with Gasteiger partial charge in [-0.25, -0.2) is 0 Å². The smallest absolute Gasteiger partial charge is 0.306 e. The summed E-state index contributed by atoms with van der Waals surface area (Å²) in [4.78, 5) is 39.9. The molecule has 414 valence electrons. The number of likely N-dealkylation sites (N-methyl/N-ethyl adjacent to an activating group) is 1. The van der Waals surface area contributed by atoms with Gasteiger partial charge in [0.15, 0.2) is 0 Å². The van der Waals surface area contributed by atoms with Crippen molar-refractivity contribution in [1.82, 2.24) is 5.32 Å². The monoisotopic (exact) mass is 1020 g/mol. The minimum atomic E-state index is -4.70. The van der Waals surface area contributed by atoms with E-state index in [1.165, 1.54) is 148 Å². The van der Waals surface area contributed by atoms with Crippen molar-refractivity contribution in [3.05, 3.63) is 60.8 Å². The highest BCUT2D eigenvalue weighted by molar-refractivity contribution is 7.45. The number of hydrogen-bond donors (Lipinski definition) is 1. The van der Waals surface area contributed by atoms with Gasteiger partial charge in [-0.15, -0.1) is 0 Å². The van der Waals surface area contributed by atoms with Crippen molar-refractivity contribution in [3.63, 3.8) is 0 Å². The van der Waals surface area contributed by atoms with Crippen LogP contribution in [0.2, 0.25) is 0 Å². The van der Waals surface area contributed by atoms with Crippen LogP contribution in [0, 0.1) is 0 Å². The lowest BCUT2D eigenvalue weighted by Gasteiger charge is -2.30. The molecule has 0 saturated carbocycles. The number of hydrogen-bond acceptors (Lipinski definition) is 7. The lowest BCUT2D eigenvalue weighted by Crippen LogP contribution is -2.47. The predicted octanol–water partition coefficient (Wildman–Crippen LogP) is 17.3. The minimum absolute atomic E-state index is 0.0290. The van der Waals surface area contributed by atoms with Crippen molar-refractivity contribution in [2.75, 3.05) is 40.9 Å². The fourth-order valence-electron chi connectivity index (χ4n) is 8.33. The second kappa shape index (κ2) is 51.2. The Kier molecular flexibility index (Phi) is 49.6. The highest BCUT2D eigenvalue weighted by Gasteiger charge is 2.27. The summed E-state index contributed by atoms with van der Waals surface area (Å²) in [6, 6.07) is -0.903. The van der Waals surface area contributed by atoms with Crippen LogP contribution in [0.5, 0.6) is 0 Å². The molecule has 0 radical (unpaired) electrons. The molecule has 0 fully saturated rings. The number of rotatable bonds is 53. The first kappa shape index (κ1) is 68.7. The minimum Gasteiger partial charge on any atom is -0.756 e. The van der Waals surface area contributed by atoms with Gasteiger partial charge in [0.05, 0.1) is 33.8 Å². The lowest BCUT2D eigenvalue weighted by molar-refractivity contribution is -0.870. The number of nitrogens with zero attached hydrogens (tertiary/aromatic N) is 1. The van der Waals surface area contributed by atoms with Gasteiger partial charge < -0.3 is 28.5 Å². The molecule has 0 aromatic heterocycles. The van der Waals surface area contributed by atoms with Crippen LogP contribution >= 0.6 is 7.82 Å². The summed E-state index contributed by atoms with van der Waals surface area (Å²) in [5, 5.41) is 3.01. The van der Waals surface area contributed by atoms with Gasteiger partial charge in [0.25, 0.3) is 7.82 Å². The van der Waals surface area contributed by atoms with Gasteiger partial charge in [0.1, 0.15) is 19.3 Å². The second-order valence-electron chi connectivity index (χ2n) is 21.2. The molecule has 3 atom stereocenters. The molecule has 1 amide bonds. The Hall–Kier alpha value is -2.29. The standard InChI is InChI=1S/C61H113N2O7P/c1-7-10-13-16-19-22-25-28-30-31-32-33-34-35-38-41-44-47-50-53-60(64)62-58(57-69-71(66,67)68-56-55-63(4,5)6)59(52-49-46-43-40-37-27-24-21-18-15-12-9-3)70-61(65)54-51-48-45-42-39-36-29-26-23-20-17-14-11-8-2/h19,22,28,30,32-33,35,38,49,52,58-59H,7-18,20-21,23-27,29,31,34,36-37,39-48,50-51,53-57H2,1-6H3,(H-,62,64,66,67)/b22-19-,30-28-,33-32-,38-35-,52-49-. The number of allylic oxidation sites excluding steroid dienone is 9. The Balaban J connectivity index is 5.37. The number of phosphoric acid groups is 1. The summed E-state index contributed by atoms with van der Waals surface area (Å²) in [6.07, 6.45) is 63.2. The van der Waals surface area contributed by atoms with Crippen LogP contribution < -0.4 is 10.2 Å². The quantitative estimate of drug-likeness (QED) is 0.0212. The Morgan fingerprint density at radius 3 is 1.32 bits per heavy atom. The zero-order valence-corrected chi connectivity index (χ0v) is 48.1. The zero-order valence-electron chi connectivity index (χ0n) is 47.2. The molecule has 3 unspecified atom stereocenters. The summed E-state index contributed by atoms with van der Waals surface area (Å²) < 4.78 is 30.2. The number of phosphoric ester groups is 1. The number of carbonyl (C=O) groups excluding carboxylic acids is 2. The molecular weight excluding hydrogens is 904 g/mol. The molecule has 0 aliphatic rings. The van der Waals surface area contributed by atoms with Crippen LogP contribution in [0.3, 0.4) is 0 Å². The van der Waals surface area contributed by atoms with E-state index >= 15 is 0 Å². The van der Waals surface area contributed by atoms with Crippen LogP contribution in [0.25, 0.3) is 0 Å². The Labute approximate surface area is 439 Å². The number of amides is 1. The Morgan fingerprint density at radius 1 is 0.493 bits per heavy atom. The molecule has 0 rings (SSSR count). The van der Waals surface area contributed by atoms with E-state index in [0.29, 0.717) is 17.4 Å². The SMILES string of the molecule is CCCCC/C=C\C/C=C\C/C=C\C/C=C\CCCCCC(=O)NC(COP(=O)([O-])OCC[N+](C)(C)C)C(/C=C\CCCCCCCCCCCC)OC(=O)CCCCCCCCCCCCCCCC. The first-order valence-corrected chi connectivity index (χ1v) is 31.1. The van der Waals surface area contributed by atoms with Gasteiger partial charge in [-0.05, 0) is 76.7 Å². The fourth-order valence-corrected chi connectivity index (χ4v) is 9.05. The maximum atomic E-state index is 13.5. The highest BCUT2D eigenvalue weighted by atomic mass is 31.2. The number of esters is 1. The number of unbranched alkanes of at least 4 members (excludes halogenated alkanes) is 29. The molecule has 0 spiro atoms. The number of quaternary nitrogens is 1. The van der Waals surface area contributed by atoms with Gasteiger partial charge in [-0.3, -0.25) is 14.2 Å². The van der Waals surface area contributed by atoms with Gasteiger partial charge in [-0.2, -0.15) is 0 Å². The normalized spacial score (nSPS) is 14.2. The maximum Gasteiger partial charge on any atom is 0.306 e. The highest BCUT2D eigenvalue weighted by Crippen LogP contribution is 2.38. The Morgan fingerprint density at radius 2 is 0.859 bits per heavy atom. The summed E-state index contributed by atoms with van der Waals surface area (Å²) >= 11 is 0. The molecule has 0 heterocycles. The molecule has 1 N–H and O–H groups in total. The van der Waals surface area contributed by atoms with Crippen molar-refractivity contribution in [3.8, 4) is 0 Å². The third-order valence-corrected chi connectivity index (χ3v) is 13.9. The van der Waals surface area contributed by atoms with Crippen molar-refractivity contribution >= 4 is 19.7 Å². The van der Waals surface area contributed by atoms with Crippen LogP contribution in [0.1, 0.15) is 265 Å². The average molecular weight is 1020 g/mol. The van der Waals surface area contributed by atoms with Gasteiger partial charge in [-0.1, -0.05) is 236 Å². The van der Waals surface area contributed by atoms with E-state index in [9.17, 15) is 19.0 Å². The van der Waals surface area contributed by atoms with Gasteiger partial charge >= 0.3 is 5.97 Å². The summed E-state index contributed by atoms with van der Waals surface area (Å²) in [5.74, 6) is -0.572. The largest absolute Gasteiger partial charge is 0.756 e. The summed E-state index contributed by atoms with van der Waals surface area (Å²) in [5.41, 5.74) is 0. The van der Waals surface area contributed by atoms with Crippen LogP contribution in [0.4, 0.5) is 0 Å². The summed E-state index contributed by atoms with van der Waals surface area (Å²) in [7, 11) is 1.16. The lowest BCUT2D eigenvalue weighted by atomic mass is 10.0. The van der Waals surface area contributed by atoms with E-state index in [4.69, 9.17) is 13.8 Å². The van der Waals surface area contributed by atoms with Crippen molar-refractivity contribution in [1.29, 1.82) is 0 Å². The third kappa shape index (κ3) is 52.4. The molecular formula is C61H113N2O7P. The van der Waals surface area contributed by atoms with E-state index in [0.717, 1.165) is 77.0 Å². The van der Waals surface area contributed by atoms with Crippen LogP contribution in [-0.2, 0) is 27.9 Å². The average Bonchev–Trinajstić information content (AvgIpc) is 3.33. The topological polar surface area (TPSA) is 114 Å². The molecule has 0 saturated heterocycles.